The number of hydrogen-bond acceptors (Lipinski definition) is 2. The minimum Gasteiger partial charge on any atom is -0.380 e. The van der Waals surface area contributed by atoms with E-state index in [1.807, 2.05) is 0 Å². The van der Waals surface area contributed by atoms with E-state index in [0.29, 0.717) is 10.8 Å². The predicted octanol–water partition coefficient (Wildman–Crippen LogP) is 3.63. The summed E-state index contributed by atoms with van der Waals surface area (Å²) in [5, 5.41) is 3.31. The van der Waals surface area contributed by atoms with Crippen LogP contribution < -0.4 is 5.32 Å². The molecule has 1 aromatic heterocycles. The van der Waals surface area contributed by atoms with E-state index >= 15 is 0 Å². The van der Waals surface area contributed by atoms with Gasteiger partial charge in [-0.15, -0.1) is 0 Å². The van der Waals surface area contributed by atoms with E-state index in [4.69, 9.17) is 11.6 Å². The summed E-state index contributed by atoms with van der Waals surface area (Å²) in [6.45, 7) is 0.187. The van der Waals surface area contributed by atoms with Crippen LogP contribution in [0.2, 0.25) is 5.15 Å². The molecule has 2 aromatic rings. The second kappa shape index (κ2) is 5.10. The highest BCUT2D eigenvalue weighted by Gasteiger charge is 2.06. The van der Waals surface area contributed by atoms with Crippen LogP contribution in [0.1, 0.15) is 5.56 Å². The summed E-state index contributed by atoms with van der Waals surface area (Å²) in [5.74, 6) is -1.68. The molecule has 0 fully saturated rings. The number of nitrogens with zero attached hydrogens (tertiary/aromatic N) is 1. The second-order valence-electron chi connectivity index (χ2n) is 3.44. The first kappa shape index (κ1) is 11.8. The van der Waals surface area contributed by atoms with Crippen molar-refractivity contribution < 1.29 is 8.78 Å². The van der Waals surface area contributed by atoms with E-state index in [-0.39, 0.29) is 12.1 Å². The largest absolute Gasteiger partial charge is 0.380 e. The number of anilines is 1. The fraction of sp³-hybridized carbons (Fsp3) is 0.0833. The molecule has 0 atom stereocenters. The quantitative estimate of drug-likeness (QED) is 0.846. The first-order valence-corrected chi connectivity index (χ1v) is 5.33. The maximum atomic E-state index is 13.3. The minimum atomic E-state index is -0.849. The molecular formula is C12H9ClF2N2. The molecule has 0 spiro atoms. The number of pyridine rings is 1. The molecule has 1 heterocycles. The Labute approximate surface area is 102 Å². The average Bonchev–Trinajstić information content (AvgIpc) is 2.33. The van der Waals surface area contributed by atoms with Gasteiger partial charge in [0.05, 0.1) is 11.9 Å². The van der Waals surface area contributed by atoms with E-state index in [9.17, 15) is 8.78 Å². The van der Waals surface area contributed by atoms with Crippen molar-refractivity contribution in [3.8, 4) is 0 Å². The highest BCUT2D eigenvalue weighted by molar-refractivity contribution is 6.29. The molecule has 88 valence electrons. The summed E-state index contributed by atoms with van der Waals surface area (Å²) in [6.07, 6.45) is 1.53. The van der Waals surface area contributed by atoms with E-state index in [0.717, 1.165) is 6.07 Å². The molecule has 0 aliphatic carbocycles. The second-order valence-corrected chi connectivity index (χ2v) is 3.82. The van der Waals surface area contributed by atoms with Gasteiger partial charge in [-0.3, -0.25) is 0 Å². The number of halogens is 3. The Morgan fingerprint density at radius 3 is 2.71 bits per heavy atom. The molecule has 0 bridgehead atoms. The van der Waals surface area contributed by atoms with Crippen molar-refractivity contribution in [3.05, 3.63) is 58.9 Å². The Balaban J connectivity index is 2.07. The third-order valence-corrected chi connectivity index (χ3v) is 2.47. The van der Waals surface area contributed by atoms with Crippen LogP contribution >= 0.6 is 11.6 Å². The maximum Gasteiger partial charge on any atom is 0.163 e. The van der Waals surface area contributed by atoms with E-state index in [1.54, 1.807) is 12.1 Å². The molecule has 1 N–H and O–H groups in total. The van der Waals surface area contributed by atoms with Crippen molar-refractivity contribution in [2.75, 3.05) is 5.32 Å². The topological polar surface area (TPSA) is 24.9 Å². The van der Waals surface area contributed by atoms with E-state index < -0.39 is 11.6 Å². The lowest BCUT2D eigenvalue weighted by atomic mass is 10.2. The summed E-state index contributed by atoms with van der Waals surface area (Å²) in [6, 6.07) is 7.41. The van der Waals surface area contributed by atoms with Gasteiger partial charge in [-0.1, -0.05) is 23.7 Å². The van der Waals surface area contributed by atoms with Gasteiger partial charge in [0.25, 0.3) is 0 Å². The van der Waals surface area contributed by atoms with Gasteiger partial charge in [0.1, 0.15) is 5.15 Å². The number of hydrogen-bond donors (Lipinski definition) is 1. The molecule has 0 saturated heterocycles. The molecular weight excluding hydrogens is 246 g/mol. The molecule has 1 aromatic carbocycles. The normalized spacial score (nSPS) is 10.3. The van der Waals surface area contributed by atoms with Gasteiger partial charge < -0.3 is 5.32 Å². The minimum absolute atomic E-state index is 0.187. The van der Waals surface area contributed by atoms with Gasteiger partial charge in [-0.25, -0.2) is 13.8 Å². The molecule has 0 radical (unpaired) electrons. The van der Waals surface area contributed by atoms with Crippen molar-refractivity contribution in [1.82, 2.24) is 4.98 Å². The predicted molar refractivity (Wildman–Crippen MR) is 62.9 cm³/mol. The Morgan fingerprint density at radius 1 is 1.18 bits per heavy atom. The van der Waals surface area contributed by atoms with Gasteiger partial charge in [0.15, 0.2) is 11.6 Å². The summed E-state index contributed by atoms with van der Waals surface area (Å²) in [4.78, 5) is 3.87. The molecule has 17 heavy (non-hydrogen) atoms. The maximum absolute atomic E-state index is 13.3. The SMILES string of the molecule is Fc1cccc(CNc2ccc(Cl)nc2)c1F. The summed E-state index contributed by atoms with van der Waals surface area (Å²) in [7, 11) is 0. The van der Waals surface area contributed by atoms with Crippen molar-refractivity contribution in [3.63, 3.8) is 0 Å². The molecule has 2 rings (SSSR count). The number of aromatic nitrogens is 1. The van der Waals surface area contributed by atoms with Crippen molar-refractivity contribution >= 4 is 17.3 Å². The van der Waals surface area contributed by atoms with Crippen molar-refractivity contribution in [1.29, 1.82) is 0 Å². The van der Waals surface area contributed by atoms with Crippen LogP contribution in [0, 0.1) is 11.6 Å². The summed E-state index contributed by atoms with van der Waals surface area (Å²) >= 11 is 5.63. The lowest BCUT2D eigenvalue weighted by Crippen LogP contribution is -2.03. The third-order valence-electron chi connectivity index (χ3n) is 2.24. The monoisotopic (exact) mass is 254 g/mol. The third kappa shape index (κ3) is 2.91. The zero-order chi connectivity index (χ0) is 12.3. The molecule has 0 saturated carbocycles. The number of nitrogens with one attached hydrogen (secondary N) is 1. The molecule has 0 amide bonds. The number of benzene rings is 1. The van der Waals surface area contributed by atoms with Crippen LogP contribution in [0.3, 0.4) is 0 Å². The lowest BCUT2D eigenvalue weighted by molar-refractivity contribution is 0.500. The van der Waals surface area contributed by atoms with E-state index in [1.165, 1.54) is 18.3 Å². The van der Waals surface area contributed by atoms with Crippen molar-refractivity contribution in [2.45, 2.75) is 6.54 Å². The van der Waals surface area contributed by atoms with Crippen LogP contribution in [0.25, 0.3) is 0 Å². The molecule has 2 nitrogen and oxygen atoms in total. The zero-order valence-corrected chi connectivity index (χ0v) is 9.51. The smallest absolute Gasteiger partial charge is 0.163 e. The Morgan fingerprint density at radius 2 is 2.00 bits per heavy atom. The Hall–Kier alpha value is -1.68. The fourth-order valence-electron chi connectivity index (χ4n) is 1.36. The Kier molecular flexibility index (Phi) is 3.54. The first-order chi connectivity index (χ1) is 8.16. The van der Waals surface area contributed by atoms with Gasteiger partial charge in [0.2, 0.25) is 0 Å². The van der Waals surface area contributed by atoms with Crippen LogP contribution in [0.15, 0.2) is 36.5 Å². The van der Waals surface area contributed by atoms with Gasteiger partial charge >= 0.3 is 0 Å². The fourth-order valence-corrected chi connectivity index (χ4v) is 1.47. The summed E-state index contributed by atoms with van der Waals surface area (Å²) in [5.41, 5.74) is 0.956. The lowest BCUT2D eigenvalue weighted by Gasteiger charge is -2.07. The Bertz CT molecular complexity index is 514. The molecule has 0 aliphatic rings. The highest BCUT2D eigenvalue weighted by atomic mass is 35.5. The van der Waals surface area contributed by atoms with Crippen LogP contribution in [-0.4, -0.2) is 4.98 Å². The van der Waals surface area contributed by atoms with Gasteiger partial charge in [-0.2, -0.15) is 0 Å². The molecule has 5 heteroatoms. The van der Waals surface area contributed by atoms with Crippen LogP contribution in [0.4, 0.5) is 14.5 Å². The highest BCUT2D eigenvalue weighted by Crippen LogP contribution is 2.14. The van der Waals surface area contributed by atoms with Crippen LogP contribution in [-0.2, 0) is 6.54 Å². The van der Waals surface area contributed by atoms with E-state index in [2.05, 4.69) is 10.3 Å². The van der Waals surface area contributed by atoms with Crippen LogP contribution in [0.5, 0.6) is 0 Å². The standard InChI is InChI=1S/C12H9ClF2N2/c13-11-5-4-9(7-17-11)16-6-8-2-1-3-10(14)12(8)15/h1-5,7,16H,6H2. The number of rotatable bonds is 3. The van der Waals surface area contributed by atoms with Gasteiger partial charge in [-0.05, 0) is 18.2 Å². The molecule has 0 aliphatic heterocycles. The first-order valence-electron chi connectivity index (χ1n) is 4.95. The van der Waals surface area contributed by atoms with Gasteiger partial charge in [0, 0.05) is 12.1 Å². The zero-order valence-electron chi connectivity index (χ0n) is 8.75. The van der Waals surface area contributed by atoms with Crippen molar-refractivity contribution in [2.24, 2.45) is 0 Å². The average molecular weight is 255 g/mol. The summed E-state index contributed by atoms with van der Waals surface area (Å²) < 4.78 is 26.2. The molecule has 0 unspecified atom stereocenters.